The summed E-state index contributed by atoms with van der Waals surface area (Å²) in [6, 6.07) is 3.07. The molecular formula is C13H20N2O2. The lowest BCUT2D eigenvalue weighted by Crippen LogP contribution is -2.30. The third kappa shape index (κ3) is 3.98. The Hall–Kier alpha value is -1.71. The summed E-state index contributed by atoms with van der Waals surface area (Å²) in [5.41, 5.74) is 2.47. The van der Waals surface area contributed by atoms with Crippen molar-refractivity contribution in [1.29, 1.82) is 0 Å². The summed E-state index contributed by atoms with van der Waals surface area (Å²) in [7, 11) is 0. The summed E-state index contributed by atoms with van der Waals surface area (Å²) < 4.78 is 0. The van der Waals surface area contributed by atoms with Gasteiger partial charge in [0.2, 0.25) is 0 Å². The van der Waals surface area contributed by atoms with Gasteiger partial charge in [0.05, 0.1) is 0 Å². The van der Waals surface area contributed by atoms with Gasteiger partial charge >= 0.3 is 6.03 Å². The highest BCUT2D eigenvalue weighted by molar-refractivity contribution is 5.91. The number of anilines is 1. The third-order valence-electron chi connectivity index (χ3n) is 2.57. The van der Waals surface area contributed by atoms with E-state index >= 15 is 0 Å². The van der Waals surface area contributed by atoms with E-state index in [1.165, 1.54) is 0 Å². The lowest BCUT2D eigenvalue weighted by atomic mass is 10.1. The van der Waals surface area contributed by atoms with Crippen molar-refractivity contribution in [2.75, 3.05) is 11.9 Å². The maximum atomic E-state index is 11.6. The number of carbonyl (C=O) groups excluding carboxylic acids is 1. The largest absolute Gasteiger partial charge is 0.508 e. The van der Waals surface area contributed by atoms with Crippen LogP contribution in [0.3, 0.4) is 0 Å². The van der Waals surface area contributed by atoms with E-state index in [1.54, 1.807) is 12.1 Å². The quantitative estimate of drug-likeness (QED) is 0.556. The van der Waals surface area contributed by atoms with Gasteiger partial charge in [-0.15, -0.1) is 0 Å². The molecule has 0 saturated carbocycles. The summed E-state index contributed by atoms with van der Waals surface area (Å²) in [6.45, 7) is 6.47. The normalized spacial score (nSPS) is 10.1. The van der Waals surface area contributed by atoms with E-state index in [0.29, 0.717) is 6.54 Å². The first-order chi connectivity index (χ1) is 8.04. The minimum atomic E-state index is -0.199. The van der Waals surface area contributed by atoms with Gasteiger partial charge in [0, 0.05) is 12.2 Å². The van der Waals surface area contributed by atoms with Crippen molar-refractivity contribution in [3.8, 4) is 5.75 Å². The number of nitrogens with one attached hydrogen (secondary N) is 2. The fourth-order valence-corrected chi connectivity index (χ4v) is 1.67. The lowest BCUT2D eigenvalue weighted by Gasteiger charge is -2.12. The zero-order valence-corrected chi connectivity index (χ0v) is 10.6. The smallest absolute Gasteiger partial charge is 0.319 e. The Balaban J connectivity index is 2.65. The molecule has 4 nitrogen and oxygen atoms in total. The van der Waals surface area contributed by atoms with Gasteiger partial charge in [-0.3, -0.25) is 0 Å². The van der Waals surface area contributed by atoms with Crippen molar-refractivity contribution < 1.29 is 9.90 Å². The molecule has 4 heteroatoms. The molecule has 0 spiro atoms. The highest BCUT2D eigenvalue weighted by atomic mass is 16.3. The van der Waals surface area contributed by atoms with Crippen molar-refractivity contribution in [2.24, 2.45) is 0 Å². The van der Waals surface area contributed by atoms with Gasteiger partial charge in [-0.25, -0.2) is 4.79 Å². The molecule has 3 N–H and O–H groups in total. The Kier molecular flexibility index (Phi) is 4.82. The number of hydrogen-bond donors (Lipinski definition) is 3. The number of rotatable bonds is 4. The fraction of sp³-hybridized carbons (Fsp3) is 0.462. The van der Waals surface area contributed by atoms with E-state index < -0.39 is 0 Å². The van der Waals surface area contributed by atoms with Crippen LogP contribution in [-0.4, -0.2) is 17.7 Å². The fourth-order valence-electron chi connectivity index (χ4n) is 1.67. The number of phenols is 1. The SMILES string of the molecule is CCCCNC(=O)Nc1c(C)cc(O)cc1C. The minimum absolute atomic E-state index is 0.199. The maximum absolute atomic E-state index is 11.6. The molecule has 0 aliphatic heterocycles. The second kappa shape index (κ2) is 6.13. The number of benzene rings is 1. The van der Waals surface area contributed by atoms with E-state index in [4.69, 9.17) is 0 Å². The minimum Gasteiger partial charge on any atom is -0.508 e. The average molecular weight is 236 g/mol. The van der Waals surface area contributed by atoms with Crippen LogP contribution in [0.15, 0.2) is 12.1 Å². The number of aryl methyl sites for hydroxylation is 2. The Morgan fingerprint density at radius 1 is 1.29 bits per heavy atom. The molecule has 0 radical (unpaired) electrons. The molecule has 0 unspecified atom stereocenters. The van der Waals surface area contributed by atoms with Gasteiger partial charge in [-0.05, 0) is 43.5 Å². The van der Waals surface area contributed by atoms with Crippen molar-refractivity contribution in [2.45, 2.75) is 33.6 Å². The van der Waals surface area contributed by atoms with Gasteiger partial charge < -0.3 is 15.7 Å². The molecule has 94 valence electrons. The molecule has 0 aliphatic rings. The molecule has 0 aromatic heterocycles. The zero-order chi connectivity index (χ0) is 12.8. The monoisotopic (exact) mass is 236 g/mol. The number of urea groups is 1. The first kappa shape index (κ1) is 13.4. The molecule has 0 saturated heterocycles. The summed E-state index contributed by atoms with van der Waals surface area (Å²) in [5.74, 6) is 0.219. The summed E-state index contributed by atoms with van der Waals surface area (Å²) in [5, 5.41) is 15.0. The third-order valence-corrected chi connectivity index (χ3v) is 2.57. The number of unbranched alkanes of at least 4 members (excludes halogenated alkanes) is 1. The Labute approximate surface area is 102 Å². The molecule has 0 aliphatic carbocycles. The van der Waals surface area contributed by atoms with Crippen molar-refractivity contribution in [3.63, 3.8) is 0 Å². The zero-order valence-electron chi connectivity index (χ0n) is 10.6. The highest BCUT2D eigenvalue weighted by Gasteiger charge is 2.07. The van der Waals surface area contributed by atoms with Gasteiger partial charge in [0.1, 0.15) is 5.75 Å². The summed E-state index contributed by atoms with van der Waals surface area (Å²) in [4.78, 5) is 11.6. The molecule has 2 amide bonds. The molecule has 1 rings (SSSR count). The number of amides is 2. The first-order valence-electron chi connectivity index (χ1n) is 5.89. The highest BCUT2D eigenvalue weighted by Crippen LogP contribution is 2.25. The molecule has 1 aromatic carbocycles. The van der Waals surface area contributed by atoms with Crippen LogP contribution in [0.4, 0.5) is 10.5 Å². The van der Waals surface area contributed by atoms with Crippen LogP contribution in [0.25, 0.3) is 0 Å². The summed E-state index contributed by atoms with van der Waals surface area (Å²) >= 11 is 0. The van der Waals surface area contributed by atoms with Crippen LogP contribution >= 0.6 is 0 Å². The molecular weight excluding hydrogens is 216 g/mol. The Morgan fingerprint density at radius 3 is 2.41 bits per heavy atom. The molecule has 17 heavy (non-hydrogen) atoms. The van der Waals surface area contributed by atoms with Crippen molar-refractivity contribution >= 4 is 11.7 Å². The predicted octanol–water partition coefficient (Wildman–Crippen LogP) is 2.93. The van der Waals surface area contributed by atoms with E-state index in [2.05, 4.69) is 17.6 Å². The first-order valence-corrected chi connectivity index (χ1v) is 5.89. The molecule has 1 aromatic rings. The maximum Gasteiger partial charge on any atom is 0.319 e. The van der Waals surface area contributed by atoms with Crippen LogP contribution in [-0.2, 0) is 0 Å². The van der Waals surface area contributed by atoms with E-state index in [1.807, 2.05) is 13.8 Å². The number of hydrogen-bond acceptors (Lipinski definition) is 2. The van der Waals surface area contributed by atoms with Crippen LogP contribution in [0.1, 0.15) is 30.9 Å². The van der Waals surface area contributed by atoms with Crippen LogP contribution in [0.5, 0.6) is 5.75 Å². The van der Waals surface area contributed by atoms with E-state index in [9.17, 15) is 9.90 Å². The number of carbonyl (C=O) groups is 1. The van der Waals surface area contributed by atoms with Crippen molar-refractivity contribution in [1.82, 2.24) is 5.32 Å². The number of aromatic hydroxyl groups is 1. The topological polar surface area (TPSA) is 61.4 Å². The average Bonchev–Trinajstić information content (AvgIpc) is 2.24. The second-order valence-electron chi connectivity index (χ2n) is 4.19. The Morgan fingerprint density at radius 2 is 1.88 bits per heavy atom. The standard InChI is InChI=1S/C13H20N2O2/c1-4-5-6-14-13(17)15-12-9(2)7-11(16)8-10(12)3/h7-8,16H,4-6H2,1-3H3,(H2,14,15,17). The van der Waals surface area contributed by atoms with Crippen molar-refractivity contribution in [3.05, 3.63) is 23.3 Å². The summed E-state index contributed by atoms with van der Waals surface area (Å²) in [6.07, 6.45) is 2.03. The van der Waals surface area contributed by atoms with E-state index in [-0.39, 0.29) is 11.8 Å². The van der Waals surface area contributed by atoms with Crippen LogP contribution < -0.4 is 10.6 Å². The predicted molar refractivity (Wildman–Crippen MR) is 69.5 cm³/mol. The lowest BCUT2D eigenvalue weighted by molar-refractivity contribution is 0.252. The number of phenolic OH excluding ortho intramolecular Hbond substituents is 1. The van der Waals surface area contributed by atoms with Gasteiger partial charge in [-0.2, -0.15) is 0 Å². The Bertz CT molecular complexity index is 379. The van der Waals surface area contributed by atoms with Crippen LogP contribution in [0, 0.1) is 13.8 Å². The second-order valence-corrected chi connectivity index (χ2v) is 4.19. The van der Waals surface area contributed by atoms with Gasteiger partial charge in [0.15, 0.2) is 0 Å². The van der Waals surface area contributed by atoms with Gasteiger partial charge in [-0.1, -0.05) is 13.3 Å². The molecule has 0 bridgehead atoms. The molecule has 0 fully saturated rings. The van der Waals surface area contributed by atoms with Crippen LogP contribution in [0.2, 0.25) is 0 Å². The van der Waals surface area contributed by atoms with Gasteiger partial charge in [0.25, 0.3) is 0 Å². The van der Waals surface area contributed by atoms with E-state index in [0.717, 1.165) is 29.7 Å². The molecule has 0 heterocycles. The molecule has 0 atom stereocenters.